The van der Waals surface area contributed by atoms with Crippen molar-refractivity contribution in [3.05, 3.63) is 16.9 Å². The van der Waals surface area contributed by atoms with Gasteiger partial charge in [0.2, 0.25) is 0 Å². The molecule has 0 saturated heterocycles. The summed E-state index contributed by atoms with van der Waals surface area (Å²) in [4.78, 5) is 0. The topological polar surface area (TPSA) is 28.7 Å². The number of nitrogens with one attached hydrogen (secondary N) is 1. The smallest absolute Gasteiger partial charge is 0.268 e. The van der Waals surface area contributed by atoms with Crippen LogP contribution in [0.5, 0.6) is 0 Å². The Morgan fingerprint density at radius 1 is 1.67 bits per heavy atom. The molecular formula is C4H3ClF2N2. The first-order chi connectivity index (χ1) is 4.22. The molecule has 50 valence electrons. The van der Waals surface area contributed by atoms with E-state index in [4.69, 9.17) is 11.6 Å². The predicted molar refractivity (Wildman–Crippen MR) is 28.6 cm³/mol. The van der Waals surface area contributed by atoms with Gasteiger partial charge in [0.15, 0.2) is 5.15 Å². The predicted octanol–water partition coefficient (Wildman–Crippen LogP) is 2.00. The van der Waals surface area contributed by atoms with Crippen LogP contribution in [0.15, 0.2) is 6.20 Å². The maximum atomic E-state index is 11.7. The van der Waals surface area contributed by atoms with Crippen LogP contribution in [-0.4, -0.2) is 10.2 Å². The molecule has 0 aliphatic heterocycles. The molecule has 1 heterocycles. The molecule has 2 nitrogen and oxygen atoms in total. The molecule has 0 amide bonds. The molecule has 0 bridgehead atoms. The lowest BCUT2D eigenvalue weighted by Gasteiger charge is -1.89. The molecule has 1 aromatic rings. The minimum Gasteiger partial charge on any atom is -0.284 e. The average molecular weight is 153 g/mol. The number of rotatable bonds is 1. The van der Waals surface area contributed by atoms with E-state index in [0.29, 0.717) is 0 Å². The molecule has 0 fully saturated rings. The van der Waals surface area contributed by atoms with Crippen LogP contribution in [0, 0.1) is 0 Å². The second kappa shape index (κ2) is 2.31. The van der Waals surface area contributed by atoms with Gasteiger partial charge in [-0.3, -0.25) is 5.10 Å². The van der Waals surface area contributed by atoms with E-state index in [9.17, 15) is 8.78 Å². The van der Waals surface area contributed by atoms with Gasteiger partial charge in [-0.2, -0.15) is 5.10 Å². The molecule has 0 aliphatic rings. The molecule has 0 unspecified atom stereocenters. The number of nitrogens with zero attached hydrogens (tertiary/aromatic N) is 1. The number of aromatic nitrogens is 2. The van der Waals surface area contributed by atoms with Gasteiger partial charge in [-0.05, 0) is 0 Å². The van der Waals surface area contributed by atoms with Crippen LogP contribution in [0.3, 0.4) is 0 Å². The third-order valence-electron chi connectivity index (χ3n) is 0.856. The van der Waals surface area contributed by atoms with Gasteiger partial charge in [0.05, 0.1) is 5.56 Å². The average Bonchev–Trinajstić information content (AvgIpc) is 2.13. The van der Waals surface area contributed by atoms with Crippen LogP contribution < -0.4 is 0 Å². The lowest BCUT2D eigenvalue weighted by atomic mass is 10.4. The van der Waals surface area contributed by atoms with E-state index in [0.717, 1.165) is 6.20 Å². The zero-order valence-electron chi connectivity index (χ0n) is 4.24. The van der Waals surface area contributed by atoms with E-state index >= 15 is 0 Å². The second-order valence-corrected chi connectivity index (χ2v) is 1.79. The maximum absolute atomic E-state index is 11.7. The normalized spacial score (nSPS) is 10.7. The monoisotopic (exact) mass is 152 g/mol. The summed E-state index contributed by atoms with van der Waals surface area (Å²) >= 11 is 5.21. The number of alkyl halides is 2. The molecule has 0 aliphatic carbocycles. The van der Waals surface area contributed by atoms with E-state index in [1.54, 1.807) is 0 Å². The Morgan fingerprint density at radius 2 is 2.33 bits per heavy atom. The molecular weight excluding hydrogens is 150 g/mol. The van der Waals surface area contributed by atoms with Crippen LogP contribution in [0.2, 0.25) is 5.15 Å². The third-order valence-corrected chi connectivity index (χ3v) is 1.16. The number of halogens is 3. The van der Waals surface area contributed by atoms with E-state index in [2.05, 4.69) is 10.2 Å². The van der Waals surface area contributed by atoms with Crippen LogP contribution in [0.4, 0.5) is 8.78 Å². The first kappa shape index (κ1) is 6.48. The van der Waals surface area contributed by atoms with E-state index in [-0.39, 0.29) is 10.7 Å². The highest BCUT2D eigenvalue weighted by molar-refractivity contribution is 6.30. The first-order valence-corrected chi connectivity index (χ1v) is 2.57. The summed E-state index contributed by atoms with van der Waals surface area (Å²) in [6, 6.07) is 0. The molecule has 0 saturated carbocycles. The van der Waals surface area contributed by atoms with Crippen LogP contribution in [0.1, 0.15) is 12.0 Å². The summed E-state index contributed by atoms with van der Waals surface area (Å²) in [5.74, 6) is 0. The van der Waals surface area contributed by atoms with Gasteiger partial charge < -0.3 is 0 Å². The Hall–Kier alpha value is -0.640. The maximum Gasteiger partial charge on any atom is 0.268 e. The van der Waals surface area contributed by atoms with Gasteiger partial charge in [-0.15, -0.1) is 0 Å². The van der Waals surface area contributed by atoms with Gasteiger partial charge in [0.1, 0.15) is 0 Å². The molecule has 1 N–H and O–H groups in total. The Labute approximate surface area is 54.8 Å². The number of hydrogen-bond donors (Lipinski definition) is 1. The van der Waals surface area contributed by atoms with Crippen molar-refractivity contribution in [2.24, 2.45) is 0 Å². The number of aromatic amines is 1. The molecule has 1 rings (SSSR count). The van der Waals surface area contributed by atoms with Crippen molar-refractivity contribution in [3.63, 3.8) is 0 Å². The lowest BCUT2D eigenvalue weighted by Crippen LogP contribution is -1.78. The first-order valence-electron chi connectivity index (χ1n) is 2.19. The molecule has 9 heavy (non-hydrogen) atoms. The Bertz CT molecular complexity index is 198. The standard InChI is InChI=1S/C4H3ClF2N2/c5-3-2(4(6)7)1-8-9-3/h1,4H,(H,8,9). The quantitative estimate of drug-likeness (QED) is 0.655. The SMILES string of the molecule is FC(F)c1c[nH]nc1Cl. The Morgan fingerprint density at radius 3 is 2.56 bits per heavy atom. The fourth-order valence-electron chi connectivity index (χ4n) is 0.436. The largest absolute Gasteiger partial charge is 0.284 e. The van der Waals surface area contributed by atoms with Gasteiger partial charge in [-0.1, -0.05) is 11.6 Å². The van der Waals surface area contributed by atoms with Crippen molar-refractivity contribution >= 4 is 11.6 Å². The van der Waals surface area contributed by atoms with Crippen molar-refractivity contribution < 1.29 is 8.78 Å². The molecule has 0 aromatic carbocycles. The fourth-order valence-corrected chi connectivity index (χ4v) is 0.621. The number of hydrogen-bond acceptors (Lipinski definition) is 1. The molecule has 0 radical (unpaired) electrons. The summed E-state index contributed by atoms with van der Waals surface area (Å²) in [6.45, 7) is 0. The van der Waals surface area contributed by atoms with Gasteiger partial charge >= 0.3 is 0 Å². The fraction of sp³-hybridized carbons (Fsp3) is 0.250. The lowest BCUT2D eigenvalue weighted by molar-refractivity contribution is 0.151. The highest BCUT2D eigenvalue weighted by Crippen LogP contribution is 2.23. The van der Waals surface area contributed by atoms with Crippen LogP contribution in [-0.2, 0) is 0 Å². The second-order valence-electron chi connectivity index (χ2n) is 1.43. The van der Waals surface area contributed by atoms with Crippen molar-refractivity contribution in [2.45, 2.75) is 6.43 Å². The summed E-state index contributed by atoms with van der Waals surface area (Å²) in [5, 5.41) is 5.35. The van der Waals surface area contributed by atoms with E-state index in [1.807, 2.05) is 0 Å². The highest BCUT2D eigenvalue weighted by atomic mass is 35.5. The van der Waals surface area contributed by atoms with Crippen molar-refractivity contribution in [1.29, 1.82) is 0 Å². The molecule has 0 spiro atoms. The summed E-state index contributed by atoms with van der Waals surface area (Å²) in [6.07, 6.45) is -1.47. The van der Waals surface area contributed by atoms with Gasteiger partial charge in [-0.25, -0.2) is 8.78 Å². The third kappa shape index (κ3) is 1.18. The minimum absolute atomic E-state index is 0.162. The molecule has 1 aromatic heterocycles. The summed E-state index contributed by atoms with van der Waals surface area (Å²) < 4.78 is 23.4. The van der Waals surface area contributed by atoms with E-state index in [1.165, 1.54) is 0 Å². The van der Waals surface area contributed by atoms with Crippen molar-refractivity contribution in [1.82, 2.24) is 10.2 Å². The molecule has 5 heteroatoms. The van der Waals surface area contributed by atoms with Crippen molar-refractivity contribution in [2.75, 3.05) is 0 Å². The summed E-state index contributed by atoms with van der Waals surface area (Å²) in [5.41, 5.74) is -0.253. The zero-order valence-corrected chi connectivity index (χ0v) is 4.99. The highest BCUT2D eigenvalue weighted by Gasteiger charge is 2.12. The Kier molecular flexibility index (Phi) is 1.66. The van der Waals surface area contributed by atoms with Crippen molar-refractivity contribution in [3.8, 4) is 0 Å². The summed E-state index contributed by atoms with van der Waals surface area (Å²) in [7, 11) is 0. The number of H-pyrrole nitrogens is 1. The zero-order chi connectivity index (χ0) is 6.85. The van der Waals surface area contributed by atoms with Gasteiger partial charge in [0.25, 0.3) is 6.43 Å². The minimum atomic E-state index is -2.55. The van der Waals surface area contributed by atoms with Crippen LogP contribution in [0.25, 0.3) is 0 Å². The molecule has 0 atom stereocenters. The van der Waals surface area contributed by atoms with Gasteiger partial charge in [0, 0.05) is 6.20 Å². The van der Waals surface area contributed by atoms with Crippen LogP contribution >= 0.6 is 11.6 Å². The Balaban J connectivity index is 2.94. The van der Waals surface area contributed by atoms with E-state index < -0.39 is 6.43 Å².